The number of nitro groups is 1. The average Bonchev–Trinajstić information content (AvgIpc) is 2.95. The van der Waals surface area contributed by atoms with Crippen LogP contribution in [-0.2, 0) is 0 Å². The minimum atomic E-state index is -0.447. The number of ether oxygens (including phenoxy) is 1. The quantitative estimate of drug-likeness (QED) is 0.229. The summed E-state index contributed by atoms with van der Waals surface area (Å²) in [7, 11) is 1.52. The van der Waals surface area contributed by atoms with Gasteiger partial charge in [-0.05, 0) is 29.3 Å². The van der Waals surface area contributed by atoms with Crippen LogP contribution >= 0.6 is 11.6 Å². The Labute approximate surface area is 225 Å². The highest BCUT2D eigenvalue weighted by Gasteiger charge is 2.32. The molecule has 4 aromatic rings. The second-order valence-electron chi connectivity index (χ2n) is 8.87. The van der Waals surface area contributed by atoms with Crippen molar-refractivity contribution in [2.24, 2.45) is 0 Å². The molecule has 1 N–H and O–H groups in total. The summed E-state index contributed by atoms with van der Waals surface area (Å²) in [6.45, 7) is 2.57. The van der Waals surface area contributed by atoms with Crippen molar-refractivity contribution < 1.29 is 9.66 Å². The Kier molecular flexibility index (Phi) is 7.67. The second-order valence-corrected chi connectivity index (χ2v) is 9.30. The van der Waals surface area contributed by atoms with Crippen LogP contribution in [0, 0.1) is 10.1 Å². The molecule has 0 unspecified atom stereocenters. The zero-order chi connectivity index (χ0) is 26.5. The van der Waals surface area contributed by atoms with E-state index >= 15 is 0 Å². The standard InChI is InChI=1S/C28H27ClN6O3/c1-38-24-13-12-22(29)18-23(24)32-27-26(35(36)37)28(31-19-30-27)34-16-14-33(15-17-34)25(20-8-4-2-5-9-20)21-10-6-3-7-11-21/h2-13,18-19,25H,14-17H2,1H3,(H,30,31,32). The Morgan fingerprint density at radius 2 is 1.58 bits per heavy atom. The van der Waals surface area contributed by atoms with Gasteiger partial charge in [-0.2, -0.15) is 0 Å². The van der Waals surface area contributed by atoms with Crippen LogP contribution in [0.3, 0.4) is 0 Å². The molecule has 0 bridgehead atoms. The van der Waals surface area contributed by atoms with E-state index < -0.39 is 4.92 Å². The molecule has 0 aliphatic carbocycles. The smallest absolute Gasteiger partial charge is 0.353 e. The Bertz CT molecular complexity index is 1360. The number of anilines is 3. The predicted octanol–water partition coefficient (Wildman–Crippen LogP) is 5.70. The van der Waals surface area contributed by atoms with Crippen molar-refractivity contribution in [2.45, 2.75) is 6.04 Å². The van der Waals surface area contributed by atoms with Gasteiger partial charge in [0.2, 0.25) is 11.6 Å². The molecule has 0 saturated carbocycles. The first-order chi connectivity index (χ1) is 18.5. The number of methoxy groups -OCH3 is 1. The van der Waals surface area contributed by atoms with Crippen molar-refractivity contribution >= 4 is 34.6 Å². The van der Waals surface area contributed by atoms with Crippen molar-refractivity contribution in [1.29, 1.82) is 0 Å². The maximum atomic E-state index is 12.2. The summed E-state index contributed by atoms with van der Waals surface area (Å²) in [5.41, 5.74) is 2.71. The lowest BCUT2D eigenvalue weighted by atomic mass is 9.96. The summed E-state index contributed by atoms with van der Waals surface area (Å²) in [6, 6.07) is 25.9. The number of rotatable bonds is 8. The summed E-state index contributed by atoms with van der Waals surface area (Å²) in [4.78, 5) is 24.6. The van der Waals surface area contributed by atoms with Crippen LogP contribution in [0.5, 0.6) is 5.75 Å². The molecule has 1 fully saturated rings. The summed E-state index contributed by atoms with van der Waals surface area (Å²) in [6.07, 6.45) is 1.34. The van der Waals surface area contributed by atoms with Crippen molar-refractivity contribution in [2.75, 3.05) is 43.5 Å². The number of nitrogens with one attached hydrogen (secondary N) is 1. The van der Waals surface area contributed by atoms with Gasteiger partial charge in [0.15, 0.2) is 0 Å². The van der Waals surface area contributed by atoms with E-state index in [2.05, 4.69) is 68.7 Å². The van der Waals surface area contributed by atoms with Crippen molar-refractivity contribution in [1.82, 2.24) is 14.9 Å². The van der Waals surface area contributed by atoms with Crippen LogP contribution in [-0.4, -0.2) is 53.1 Å². The first-order valence-corrected chi connectivity index (χ1v) is 12.6. The molecule has 0 amide bonds. The molecule has 9 nitrogen and oxygen atoms in total. The summed E-state index contributed by atoms with van der Waals surface area (Å²) in [5, 5.41) is 15.7. The number of halogens is 1. The predicted molar refractivity (Wildman–Crippen MR) is 148 cm³/mol. The second kappa shape index (κ2) is 11.5. The Morgan fingerprint density at radius 1 is 0.947 bits per heavy atom. The van der Waals surface area contributed by atoms with E-state index in [0.29, 0.717) is 42.6 Å². The molecule has 0 atom stereocenters. The van der Waals surface area contributed by atoms with Gasteiger partial charge in [0.05, 0.1) is 23.8 Å². The largest absolute Gasteiger partial charge is 0.495 e. The normalized spacial score (nSPS) is 13.9. The van der Waals surface area contributed by atoms with E-state index in [4.69, 9.17) is 16.3 Å². The van der Waals surface area contributed by atoms with Gasteiger partial charge in [0, 0.05) is 31.2 Å². The number of piperazine rings is 1. The molecule has 5 rings (SSSR count). The van der Waals surface area contributed by atoms with Gasteiger partial charge in [-0.1, -0.05) is 72.3 Å². The highest BCUT2D eigenvalue weighted by Crippen LogP contribution is 2.38. The van der Waals surface area contributed by atoms with Crippen LogP contribution in [0.25, 0.3) is 0 Å². The van der Waals surface area contributed by atoms with Gasteiger partial charge < -0.3 is 15.0 Å². The van der Waals surface area contributed by atoms with E-state index in [-0.39, 0.29) is 23.4 Å². The van der Waals surface area contributed by atoms with Gasteiger partial charge in [-0.3, -0.25) is 15.0 Å². The molecule has 3 aromatic carbocycles. The molecular weight excluding hydrogens is 504 g/mol. The number of aromatic nitrogens is 2. The van der Waals surface area contributed by atoms with Crippen LogP contribution in [0.15, 0.2) is 85.2 Å². The third-order valence-electron chi connectivity index (χ3n) is 6.61. The third-order valence-corrected chi connectivity index (χ3v) is 6.84. The number of hydrogen-bond donors (Lipinski definition) is 1. The minimum absolute atomic E-state index is 0.0782. The molecule has 38 heavy (non-hydrogen) atoms. The Morgan fingerprint density at radius 3 is 2.16 bits per heavy atom. The van der Waals surface area contributed by atoms with Gasteiger partial charge >= 0.3 is 5.69 Å². The molecule has 1 aromatic heterocycles. The van der Waals surface area contributed by atoms with E-state index in [1.807, 2.05) is 17.0 Å². The molecule has 2 heterocycles. The van der Waals surface area contributed by atoms with Crippen LogP contribution < -0.4 is 15.0 Å². The van der Waals surface area contributed by atoms with Crippen molar-refractivity contribution in [3.8, 4) is 5.75 Å². The highest BCUT2D eigenvalue weighted by molar-refractivity contribution is 6.31. The number of hydrogen-bond acceptors (Lipinski definition) is 8. The molecule has 1 aliphatic heterocycles. The fraction of sp³-hybridized carbons (Fsp3) is 0.214. The SMILES string of the molecule is COc1ccc(Cl)cc1Nc1ncnc(N2CCN(C(c3ccccc3)c3ccccc3)CC2)c1[N+](=O)[O-]. The fourth-order valence-corrected chi connectivity index (χ4v) is 5.01. The van der Waals surface area contributed by atoms with Gasteiger partial charge in [0.25, 0.3) is 0 Å². The van der Waals surface area contributed by atoms with Gasteiger partial charge in [-0.15, -0.1) is 0 Å². The maximum Gasteiger partial charge on any atom is 0.353 e. The number of benzene rings is 3. The highest BCUT2D eigenvalue weighted by atomic mass is 35.5. The van der Waals surface area contributed by atoms with Crippen LogP contribution in [0.1, 0.15) is 17.2 Å². The Balaban J connectivity index is 1.40. The molecule has 1 aliphatic rings. The average molecular weight is 531 g/mol. The maximum absolute atomic E-state index is 12.2. The lowest BCUT2D eigenvalue weighted by Gasteiger charge is -2.40. The van der Waals surface area contributed by atoms with Crippen LogP contribution in [0.2, 0.25) is 5.02 Å². The van der Waals surface area contributed by atoms with Gasteiger partial charge in [0.1, 0.15) is 12.1 Å². The third kappa shape index (κ3) is 5.39. The van der Waals surface area contributed by atoms with E-state index in [1.165, 1.54) is 24.6 Å². The lowest BCUT2D eigenvalue weighted by molar-refractivity contribution is -0.383. The van der Waals surface area contributed by atoms with Crippen molar-refractivity contribution in [3.05, 3.63) is 111 Å². The molecule has 0 spiro atoms. The number of nitrogens with zero attached hydrogens (tertiary/aromatic N) is 5. The Hall–Kier alpha value is -4.21. The van der Waals surface area contributed by atoms with Gasteiger partial charge in [-0.25, -0.2) is 9.97 Å². The fourth-order valence-electron chi connectivity index (χ4n) is 4.84. The summed E-state index contributed by atoms with van der Waals surface area (Å²) >= 11 is 6.15. The summed E-state index contributed by atoms with van der Waals surface area (Å²) < 4.78 is 5.38. The molecule has 194 valence electrons. The lowest BCUT2D eigenvalue weighted by Crippen LogP contribution is -2.48. The van der Waals surface area contributed by atoms with E-state index in [9.17, 15) is 10.1 Å². The van der Waals surface area contributed by atoms with Crippen LogP contribution in [0.4, 0.5) is 23.0 Å². The molecular formula is C28H27ClN6O3. The first kappa shape index (κ1) is 25.4. The topological polar surface area (TPSA) is 96.7 Å². The van der Waals surface area contributed by atoms with Crippen molar-refractivity contribution in [3.63, 3.8) is 0 Å². The summed E-state index contributed by atoms with van der Waals surface area (Å²) in [5.74, 6) is 0.851. The zero-order valence-electron chi connectivity index (χ0n) is 20.8. The molecule has 1 saturated heterocycles. The molecule has 10 heteroatoms. The monoisotopic (exact) mass is 530 g/mol. The molecule has 0 radical (unpaired) electrons. The minimum Gasteiger partial charge on any atom is -0.495 e. The van der Waals surface area contributed by atoms with E-state index in [0.717, 1.165) is 0 Å². The van der Waals surface area contributed by atoms with E-state index in [1.54, 1.807) is 18.2 Å². The first-order valence-electron chi connectivity index (χ1n) is 12.2. The zero-order valence-corrected chi connectivity index (χ0v) is 21.6.